The van der Waals surface area contributed by atoms with Crippen molar-refractivity contribution in [2.24, 2.45) is 0 Å². The molecule has 0 amide bonds. The van der Waals surface area contributed by atoms with Crippen molar-refractivity contribution in [3.8, 4) is 11.6 Å². The first-order valence-electron chi connectivity index (χ1n) is 6.15. The fourth-order valence-electron chi connectivity index (χ4n) is 1.65. The Morgan fingerprint density at radius 2 is 2.00 bits per heavy atom. The van der Waals surface area contributed by atoms with Gasteiger partial charge in [0.15, 0.2) is 0 Å². The molecule has 19 heavy (non-hydrogen) atoms. The second-order valence-corrected chi connectivity index (χ2v) is 4.18. The van der Waals surface area contributed by atoms with Gasteiger partial charge in [-0.3, -0.25) is 0 Å². The van der Waals surface area contributed by atoms with Gasteiger partial charge in [0.1, 0.15) is 17.4 Å². The summed E-state index contributed by atoms with van der Waals surface area (Å²) in [5, 5.41) is 9.28. The van der Waals surface area contributed by atoms with Crippen LogP contribution in [0.4, 0.5) is 5.82 Å². The Morgan fingerprint density at radius 1 is 1.26 bits per heavy atom. The number of hydrogen-bond acceptors (Lipinski definition) is 5. The molecule has 0 saturated carbocycles. The van der Waals surface area contributed by atoms with Crippen molar-refractivity contribution in [3.63, 3.8) is 0 Å². The van der Waals surface area contributed by atoms with Crippen molar-refractivity contribution in [3.05, 3.63) is 41.2 Å². The standard InChI is InChI=1S/C14H17N3O2/c1-3-12-16-13(15)9(2)14(17-12)19-11-7-5-4-6-10(11)8-18/h4-7,18H,3,8H2,1-2H3,(H2,15,16,17). The van der Waals surface area contributed by atoms with E-state index in [-0.39, 0.29) is 6.61 Å². The van der Waals surface area contributed by atoms with Crippen LogP contribution in [-0.4, -0.2) is 15.1 Å². The van der Waals surface area contributed by atoms with Gasteiger partial charge in [0.2, 0.25) is 5.88 Å². The smallest absolute Gasteiger partial charge is 0.227 e. The number of nitrogen functional groups attached to an aromatic ring is 1. The molecule has 100 valence electrons. The Labute approximate surface area is 112 Å². The average Bonchev–Trinajstić information content (AvgIpc) is 2.44. The van der Waals surface area contributed by atoms with Gasteiger partial charge in [-0.25, -0.2) is 4.98 Å². The second-order valence-electron chi connectivity index (χ2n) is 4.18. The van der Waals surface area contributed by atoms with E-state index in [0.29, 0.717) is 40.8 Å². The molecule has 1 heterocycles. The summed E-state index contributed by atoms with van der Waals surface area (Å²) in [6.07, 6.45) is 0.683. The summed E-state index contributed by atoms with van der Waals surface area (Å²) in [6.45, 7) is 3.68. The van der Waals surface area contributed by atoms with Crippen LogP contribution in [0.5, 0.6) is 11.6 Å². The lowest BCUT2D eigenvalue weighted by Crippen LogP contribution is -2.05. The molecule has 3 N–H and O–H groups in total. The van der Waals surface area contributed by atoms with E-state index in [1.54, 1.807) is 12.1 Å². The molecule has 0 saturated heterocycles. The van der Waals surface area contributed by atoms with Gasteiger partial charge < -0.3 is 15.6 Å². The molecule has 1 aromatic heterocycles. The van der Waals surface area contributed by atoms with Crippen LogP contribution in [0.1, 0.15) is 23.9 Å². The molecule has 0 unspecified atom stereocenters. The third kappa shape index (κ3) is 2.82. The van der Waals surface area contributed by atoms with E-state index in [4.69, 9.17) is 10.5 Å². The molecule has 0 aliphatic rings. The fraction of sp³-hybridized carbons (Fsp3) is 0.286. The predicted octanol–water partition coefficient (Wildman–Crippen LogP) is 2.21. The Hall–Kier alpha value is -2.14. The molecule has 2 aromatic rings. The highest BCUT2D eigenvalue weighted by atomic mass is 16.5. The highest BCUT2D eigenvalue weighted by molar-refractivity contribution is 5.46. The Morgan fingerprint density at radius 3 is 2.68 bits per heavy atom. The van der Waals surface area contributed by atoms with Crippen LogP contribution in [-0.2, 0) is 13.0 Å². The lowest BCUT2D eigenvalue weighted by atomic mass is 10.2. The summed E-state index contributed by atoms with van der Waals surface area (Å²) >= 11 is 0. The molecular weight excluding hydrogens is 242 g/mol. The molecule has 0 radical (unpaired) electrons. The predicted molar refractivity (Wildman–Crippen MR) is 73.0 cm³/mol. The maximum atomic E-state index is 9.28. The third-order valence-electron chi connectivity index (χ3n) is 2.85. The van der Waals surface area contributed by atoms with E-state index >= 15 is 0 Å². The van der Waals surface area contributed by atoms with Crippen molar-refractivity contribution in [2.45, 2.75) is 26.9 Å². The van der Waals surface area contributed by atoms with Gasteiger partial charge in [0.05, 0.1) is 12.2 Å². The SMILES string of the molecule is CCc1nc(N)c(C)c(Oc2ccccc2CO)n1. The highest BCUT2D eigenvalue weighted by Crippen LogP contribution is 2.28. The lowest BCUT2D eigenvalue weighted by molar-refractivity contribution is 0.276. The number of aliphatic hydroxyl groups is 1. The molecule has 0 spiro atoms. The number of aliphatic hydroxyl groups excluding tert-OH is 1. The van der Waals surface area contributed by atoms with Crippen LogP contribution in [0.2, 0.25) is 0 Å². The summed E-state index contributed by atoms with van der Waals surface area (Å²) in [5.41, 5.74) is 7.25. The molecule has 0 atom stereocenters. The van der Waals surface area contributed by atoms with Crippen LogP contribution in [0.3, 0.4) is 0 Å². The number of hydrogen-bond donors (Lipinski definition) is 2. The third-order valence-corrected chi connectivity index (χ3v) is 2.85. The Balaban J connectivity index is 2.40. The van der Waals surface area contributed by atoms with Crippen molar-refractivity contribution in [2.75, 3.05) is 5.73 Å². The van der Waals surface area contributed by atoms with E-state index in [0.717, 1.165) is 0 Å². The largest absolute Gasteiger partial charge is 0.438 e. The van der Waals surface area contributed by atoms with Gasteiger partial charge in [0, 0.05) is 12.0 Å². The zero-order valence-electron chi connectivity index (χ0n) is 11.1. The summed E-state index contributed by atoms with van der Waals surface area (Å²) in [7, 11) is 0. The number of benzene rings is 1. The van der Waals surface area contributed by atoms with E-state index < -0.39 is 0 Å². The van der Waals surface area contributed by atoms with Crippen molar-refractivity contribution >= 4 is 5.82 Å². The minimum atomic E-state index is -0.0869. The summed E-state index contributed by atoms with van der Waals surface area (Å²) in [5.74, 6) is 2.07. The van der Waals surface area contributed by atoms with E-state index in [2.05, 4.69) is 9.97 Å². The summed E-state index contributed by atoms with van der Waals surface area (Å²) in [6, 6.07) is 7.27. The van der Waals surface area contributed by atoms with Crippen molar-refractivity contribution < 1.29 is 9.84 Å². The van der Waals surface area contributed by atoms with Gasteiger partial charge in [-0.2, -0.15) is 4.98 Å². The molecule has 2 rings (SSSR count). The Bertz CT molecular complexity index is 585. The maximum Gasteiger partial charge on any atom is 0.227 e. The number of aromatic nitrogens is 2. The first kappa shape index (κ1) is 13.3. The Kier molecular flexibility index (Phi) is 3.97. The van der Waals surface area contributed by atoms with Gasteiger partial charge in [-0.15, -0.1) is 0 Å². The van der Waals surface area contributed by atoms with Crippen LogP contribution in [0, 0.1) is 6.92 Å². The lowest BCUT2D eigenvalue weighted by Gasteiger charge is -2.12. The van der Waals surface area contributed by atoms with Gasteiger partial charge in [0.25, 0.3) is 0 Å². The van der Waals surface area contributed by atoms with Crippen LogP contribution in [0.25, 0.3) is 0 Å². The van der Waals surface area contributed by atoms with Gasteiger partial charge in [-0.05, 0) is 13.0 Å². The van der Waals surface area contributed by atoms with E-state index in [9.17, 15) is 5.11 Å². The minimum Gasteiger partial charge on any atom is -0.438 e. The van der Waals surface area contributed by atoms with E-state index in [1.165, 1.54) is 0 Å². The number of ether oxygens (including phenoxy) is 1. The molecule has 0 fully saturated rings. The first-order chi connectivity index (χ1) is 9.15. The summed E-state index contributed by atoms with van der Waals surface area (Å²) < 4.78 is 5.76. The maximum absolute atomic E-state index is 9.28. The van der Waals surface area contributed by atoms with Gasteiger partial charge in [-0.1, -0.05) is 25.1 Å². The zero-order valence-corrected chi connectivity index (χ0v) is 11.1. The fourth-order valence-corrected chi connectivity index (χ4v) is 1.65. The minimum absolute atomic E-state index is 0.0869. The number of rotatable bonds is 4. The molecular formula is C14H17N3O2. The number of nitrogens with two attached hydrogens (primary N) is 1. The molecule has 1 aromatic carbocycles. The number of nitrogens with zero attached hydrogens (tertiary/aromatic N) is 2. The molecule has 5 heteroatoms. The second kappa shape index (κ2) is 5.67. The molecule has 0 aliphatic carbocycles. The molecule has 0 bridgehead atoms. The first-order valence-corrected chi connectivity index (χ1v) is 6.15. The molecule has 5 nitrogen and oxygen atoms in total. The van der Waals surface area contributed by atoms with Crippen LogP contribution < -0.4 is 10.5 Å². The number of aryl methyl sites for hydroxylation is 1. The van der Waals surface area contributed by atoms with Crippen molar-refractivity contribution in [1.29, 1.82) is 0 Å². The average molecular weight is 259 g/mol. The van der Waals surface area contributed by atoms with Crippen LogP contribution in [0.15, 0.2) is 24.3 Å². The highest BCUT2D eigenvalue weighted by Gasteiger charge is 2.11. The number of para-hydroxylation sites is 1. The van der Waals surface area contributed by atoms with Gasteiger partial charge >= 0.3 is 0 Å². The summed E-state index contributed by atoms with van der Waals surface area (Å²) in [4.78, 5) is 8.50. The van der Waals surface area contributed by atoms with Crippen molar-refractivity contribution in [1.82, 2.24) is 9.97 Å². The normalized spacial score (nSPS) is 10.5. The quantitative estimate of drug-likeness (QED) is 0.879. The van der Waals surface area contributed by atoms with Crippen LogP contribution >= 0.6 is 0 Å². The number of anilines is 1. The molecule has 0 aliphatic heterocycles. The zero-order chi connectivity index (χ0) is 13.8. The van der Waals surface area contributed by atoms with E-state index in [1.807, 2.05) is 26.0 Å². The topological polar surface area (TPSA) is 81.3 Å². The monoisotopic (exact) mass is 259 g/mol.